The zero-order valence-corrected chi connectivity index (χ0v) is 18.1. The molecule has 0 spiro atoms. The van der Waals surface area contributed by atoms with Gasteiger partial charge in [-0.25, -0.2) is 0 Å². The van der Waals surface area contributed by atoms with Gasteiger partial charge in [-0.15, -0.1) is 0 Å². The van der Waals surface area contributed by atoms with Crippen molar-refractivity contribution < 1.29 is 19.1 Å². The summed E-state index contributed by atoms with van der Waals surface area (Å²) in [6.07, 6.45) is 3.04. The number of imide groups is 1. The fourth-order valence-corrected chi connectivity index (χ4v) is 5.08. The first kappa shape index (κ1) is 20.8. The molecule has 1 N–H and O–H groups in total. The first-order valence-corrected chi connectivity index (χ1v) is 10.9. The quantitative estimate of drug-likeness (QED) is 0.750. The molecule has 3 aliphatic rings. The van der Waals surface area contributed by atoms with Gasteiger partial charge in [0.25, 0.3) is 5.91 Å². The van der Waals surface area contributed by atoms with Crippen LogP contribution >= 0.6 is 0 Å². The molecular formula is C23H31N3O4. The maximum Gasteiger partial charge on any atom is 0.255 e. The number of piperidine rings is 2. The maximum atomic E-state index is 12.8. The Hall–Kier alpha value is -2.41. The first-order valence-electron chi connectivity index (χ1n) is 10.9. The van der Waals surface area contributed by atoms with Crippen LogP contribution in [0.25, 0.3) is 0 Å². The van der Waals surface area contributed by atoms with Gasteiger partial charge in [0.15, 0.2) is 0 Å². The second-order valence-electron chi connectivity index (χ2n) is 9.27. The number of carbonyl (C=O) groups excluding carboxylic acids is 3. The van der Waals surface area contributed by atoms with Gasteiger partial charge in [-0.3, -0.25) is 24.6 Å². The molecule has 1 aromatic carbocycles. The number of hydrogen-bond acceptors (Lipinski definition) is 5. The number of ether oxygens (including phenoxy) is 1. The molecule has 3 aliphatic heterocycles. The lowest BCUT2D eigenvalue weighted by atomic mass is 9.76. The van der Waals surface area contributed by atoms with Crippen LogP contribution in [0, 0.1) is 5.41 Å². The summed E-state index contributed by atoms with van der Waals surface area (Å²) >= 11 is 0. The van der Waals surface area contributed by atoms with E-state index in [0.717, 1.165) is 24.4 Å². The number of nitrogens with zero attached hydrogens (tertiary/aromatic N) is 2. The summed E-state index contributed by atoms with van der Waals surface area (Å²) in [4.78, 5) is 40.5. The summed E-state index contributed by atoms with van der Waals surface area (Å²) in [7, 11) is 0. The van der Waals surface area contributed by atoms with Crippen molar-refractivity contribution in [2.45, 2.75) is 65.1 Å². The van der Waals surface area contributed by atoms with Gasteiger partial charge in [0.2, 0.25) is 11.8 Å². The van der Waals surface area contributed by atoms with Crippen LogP contribution in [0.5, 0.6) is 5.75 Å². The number of amides is 3. The molecule has 3 amide bonds. The van der Waals surface area contributed by atoms with Crippen LogP contribution in [0.3, 0.4) is 0 Å². The van der Waals surface area contributed by atoms with E-state index in [9.17, 15) is 14.4 Å². The highest BCUT2D eigenvalue weighted by atomic mass is 16.5. The van der Waals surface area contributed by atoms with Crippen molar-refractivity contribution in [2.75, 3.05) is 19.7 Å². The van der Waals surface area contributed by atoms with Gasteiger partial charge in [0, 0.05) is 24.6 Å². The largest absolute Gasteiger partial charge is 0.492 e. The zero-order valence-electron chi connectivity index (χ0n) is 18.1. The molecule has 7 heteroatoms. The monoisotopic (exact) mass is 413 g/mol. The van der Waals surface area contributed by atoms with E-state index < -0.39 is 6.04 Å². The molecule has 3 heterocycles. The minimum Gasteiger partial charge on any atom is -0.492 e. The highest BCUT2D eigenvalue weighted by Gasteiger charge is 2.40. The second-order valence-corrected chi connectivity index (χ2v) is 9.27. The predicted molar refractivity (Wildman–Crippen MR) is 112 cm³/mol. The Morgan fingerprint density at radius 2 is 2.03 bits per heavy atom. The number of nitrogens with one attached hydrogen (secondary N) is 1. The van der Waals surface area contributed by atoms with Crippen LogP contribution < -0.4 is 10.1 Å². The average molecular weight is 414 g/mol. The Labute approximate surface area is 177 Å². The number of likely N-dealkylation sites (tertiary alicyclic amines) is 1. The summed E-state index contributed by atoms with van der Waals surface area (Å²) in [6, 6.07) is 5.32. The molecule has 0 radical (unpaired) electrons. The van der Waals surface area contributed by atoms with Crippen LogP contribution in [0.2, 0.25) is 0 Å². The molecule has 2 unspecified atom stereocenters. The Bertz CT molecular complexity index is 866. The molecule has 0 aromatic heterocycles. The van der Waals surface area contributed by atoms with E-state index in [2.05, 4.69) is 31.0 Å². The van der Waals surface area contributed by atoms with Gasteiger partial charge in [-0.1, -0.05) is 20.8 Å². The Balaban J connectivity index is 1.45. The molecule has 4 rings (SSSR count). The normalized spacial score (nSPS) is 26.5. The Kier molecular flexibility index (Phi) is 5.57. The third-order valence-corrected chi connectivity index (χ3v) is 6.92. The first-order chi connectivity index (χ1) is 14.3. The second kappa shape index (κ2) is 8.02. The van der Waals surface area contributed by atoms with Crippen LogP contribution in [-0.2, 0) is 16.1 Å². The molecule has 0 aliphatic carbocycles. The highest BCUT2D eigenvalue weighted by molar-refractivity contribution is 6.05. The molecule has 2 atom stereocenters. The minimum absolute atomic E-state index is 0.156. The minimum atomic E-state index is -0.590. The van der Waals surface area contributed by atoms with Crippen molar-refractivity contribution in [1.29, 1.82) is 0 Å². The third kappa shape index (κ3) is 3.83. The number of hydrogen-bond donors (Lipinski definition) is 1. The average Bonchev–Trinajstić information content (AvgIpc) is 3.02. The standard InChI is InChI=1S/C23H31N3O4/c1-4-25-11-5-10-23(2,3)19(25)14-30-16-6-7-17-15(12-16)13-26(22(17)29)18-8-9-20(27)24-21(18)28/h6-7,12,18-19H,4-5,8-11,13-14H2,1-3H3,(H,24,27,28). The predicted octanol–water partition coefficient (Wildman–Crippen LogP) is 2.34. The lowest BCUT2D eigenvalue weighted by molar-refractivity contribution is -0.136. The van der Waals surface area contributed by atoms with E-state index in [1.54, 1.807) is 11.0 Å². The fourth-order valence-electron chi connectivity index (χ4n) is 5.08. The molecule has 2 fully saturated rings. The summed E-state index contributed by atoms with van der Waals surface area (Å²) in [6.45, 7) is 9.91. The van der Waals surface area contributed by atoms with Crippen LogP contribution in [0.4, 0.5) is 0 Å². The summed E-state index contributed by atoms with van der Waals surface area (Å²) in [5.74, 6) is -0.0633. The van der Waals surface area contributed by atoms with E-state index in [0.29, 0.717) is 31.2 Å². The summed E-state index contributed by atoms with van der Waals surface area (Å²) in [5.41, 5.74) is 1.68. The van der Waals surface area contributed by atoms with Gasteiger partial charge >= 0.3 is 0 Å². The summed E-state index contributed by atoms with van der Waals surface area (Å²) in [5, 5.41) is 2.34. The van der Waals surface area contributed by atoms with Gasteiger partial charge in [-0.2, -0.15) is 0 Å². The van der Waals surface area contributed by atoms with E-state index in [-0.39, 0.29) is 29.6 Å². The van der Waals surface area contributed by atoms with E-state index in [1.165, 1.54) is 12.8 Å². The molecule has 0 saturated carbocycles. The van der Waals surface area contributed by atoms with Gasteiger partial charge in [0.05, 0.1) is 0 Å². The van der Waals surface area contributed by atoms with E-state index in [4.69, 9.17) is 4.74 Å². The SMILES string of the molecule is CCN1CCCC(C)(C)C1COc1ccc2c(c1)CN(C1CCC(=O)NC1=O)C2=O. The zero-order chi connectivity index (χ0) is 21.5. The van der Waals surface area contributed by atoms with Crippen LogP contribution in [0.1, 0.15) is 62.4 Å². The third-order valence-electron chi connectivity index (χ3n) is 6.92. The topological polar surface area (TPSA) is 79.0 Å². The van der Waals surface area contributed by atoms with Crippen LogP contribution in [0.15, 0.2) is 18.2 Å². The molecule has 7 nitrogen and oxygen atoms in total. The smallest absolute Gasteiger partial charge is 0.255 e. The van der Waals surface area contributed by atoms with Crippen molar-refractivity contribution in [1.82, 2.24) is 15.1 Å². The number of likely N-dealkylation sites (N-methyl/N-ethyl adjacent to an activating group) is 1. The van der Waals surface area contributed by atoms with Crippen molar-refractivity contribution in [3.63, 3.8) is 0 Å². The lowest BCUT2D eigenvalue weighted by Gasteiger charge is -2.46. The Morgan fingerprint density at radius 1 is 1.23 bits per heavy atom. The van der Waals surface area contributed by atoms with Crippen molar-refractivity contribution in [2.24, 2.45) is 5.41 Å². The van der Waals surface area contributed by atoms with Crippen LogP contribution in [-0.4, -0.2) is 59.3 Å². The van der Waals surface area contributed by atoms with E-state index >= 15 is 0 Å². The Morgan fingerprint density at radius 3 is 2.77 bits per heavy atom. The summed E-state index contributed by atoms with van der Waals surface area (Å²) < 4.78 is 6.19. The van der Waals surface area contributed by atoms with E-state index in [1.807, 2.05) is 12.1 Å². The van der Waals surface area contributed by atoms with Crippen molar-refractivity contribution >= 4 is 17.7 Å². The van der Waals surface area contributed by atoms with Crippen molar-refractivity contribution in [3.8, 4) is 5.75 Å². The van der Waals surface area contributed by atoms with Gasteiger partial charge in [-0.05, 0) is 61.5 Å². The molecule has 162 valence electrons. The van der Waals surface area contributed by atoms with Gasteiger partial charge < -0.3 is 9.64 Å². The van der Waals surface area contributed by atoms with Gasteiger partial charge in [0.1, 0.15) is 18.4 Å². The maximum absolute atomic E-state index is 12.8. The number of benzene rings is 1. The highest BCUT2D eigenvalue weighted by Crippen LogP contribution is 2.36. The molecule has 30 heavy (non-hydrogen) atoms. The number of carbonyl (C=O) groups is 3. The molecule has 1 aromatic rings. The molecule has 0 bridgehead atoms. The molecular weight excluding hydrogens is 382 g/mol. The van der Waals surface area contributed by atoms with Crippen molar-refractivity contribution in [3.05, 3.63) is 29.3 Å². The lowest BCUT2D eigenvalue weighted by Crippen LogP contribution is -2.52. The number of fused-ring (bicyclic) bond motifs is 1. The molecule has 2 saturated heterocycles. The fraction of sp³-hybridized carbons (Fsp3) is 0.609. The number of rotatable bonds is 5.